The quantitative estimate of drug-likeness (QED) is 0.236. The Bertz CT molecular complexity index is 966. The van der Waals surface area contributed by atoms with E-state index in [0.29, 0.717) is 13.1 Å². The van der Waals surface area contributed by atoms with Crippen LogP contribution in [0.1, 0.15) is 24.1 Å². The number of anilines is 1. The van der Waals surface area contributed by atoms with Gasteiger partial charge in [-0.3, -0.25) is 0 Å². The fourth-order valence-corrected chi connectivity index (χ4v) is 4.40. The zero-order valence-electron chi connectivity index (χ0n) is 18.7. The van der Waals surface area contributed by atoms with E-state index in [1.54, 1.807) is 0 Å². The van der Waals surface area contributed by atoms with Gasteiger partial charge in [-0.05, 0) is 36.3 Å². The number of hydrogen-bond donors (Lipinski definition) is 2. The van der Waals surface area contributed by atoms with Gasteiger partial charge < -0.3 is 19.7 Å². The largest absolute Gasteiger partial charge is 0.395 e. The average Bonchev–Trinajstić information content (AvgIpc) is 3.23. The van der Waals surface area contributed by atoms with Gasteiger partial charge in [-0.25, -0.2) is 4.98 Å². The maximum Gasteiger partial charge on any atom is 0.205 e. The van der Waals surface area contributed by atoms with Crippen LogP contribution in [0.25, 0.3) is 12.2 Å². The van der Waals surface area contributed by atoms with E-state index >= 15 is 0 Å². The van der Waals surface area contributed by atoms with Gasteiger partial charge in [-0.1, -0.05) is 23.9 Å². The predicted molar refractivity (Wildman–Crippen MR) is 132 cm³/mol. The van der Waals surface area contributed by atoms with Crippen molar-refractivity contribution in [3.63, 3.8) is 0 Å². The summed E-state index contributed by atoms with van der Waals surface area (Å²) in [6.45, 7) is 2.15. The van der Waals surface area contributed by atoms with Gasteiger partial charge >= 0.3 is 0 Å². The molecular formula is C25H33N4O2S+. The average molecular weight is 454 g/mol. The number of nitrogens with zero attached hydrogens (tertiary/aromatic N) is 4. The number of imidazole rings is 1. The fourth-order valence-electron chi connectivity index (χ4n) is 3.47. The van der Waals surface area contributed by atoms with Crippen molar-refractivity contribution in [1.82, 2.24) is 9.55 Å². The lowest BCUT2D eigenvalue weighted by atomic mass is 10.1. The molecule has 32 heavy (non-hydrogen) atoms. The van der Waals surface area contributed by atoms with Crippen LogP contribution in [-0.4, -0.2) is 51.8 Å². The molecule has 3 aromatic rings. The summed E-state index contributed by atoms with van der Waals surface area (Å²) in [4.78, 5) is 6.34. The van der Waals surface area contributed by atoms with Crippen LogP contribution >= 0.6 is 11.8 Å². The second-order valence-electron chi connectivity index (χ2n) is 7.55. The molecule has 1 aromatic carbocycles. The summed E-state index contributed by atoms with van der Waals surface area (Å²) in [7, 11) is 2.03. The van der Waals surface area contributed by atoms with E-state index in [0.717, 1.165) is 41.5 Å². The Labute approximate surface area is 194 Å². The molecule has 2 heterocycles. The van der Waals surface area contributed by atoms with Crippen LogP contribution in [0, 0.1) is 0 Å². The molecule has 0 fully saturated rings. The second kappa shape index (κ2) is 13.1. The third-order valence-corrected chi connectivity index (χ3v) is 6.37. The summed E-state index contributed by atoms with van der Waals surface area (Å²) in [5, 5.41) is 19.5. The van der Waals surface area contributed by atoms with Crippen LogP contribution in [0.4, 0.5) is 5.69 Å². The van der Waals surface area contributed by atoms with Crippen molar-refractivity contribution in [1.29, 1.82) is 0 Å². The van der Waals surface area contributed by atoms with Crippen molar-refractivity contribution in [3.05, 3.63) is 72.3 Å². The Balaban J connectivity index is 1.54. The van der Waals surface area contributed by atoms with Crippen molar-refractivity contribution in [3.8, 4) is 0 Å². The molecule has 170 valence electrons. The number of benzene rings is 1. The summed E-state index contributed by atoms with van der Waals surface area (Å²) >= 11 is 1.81. The third-order valence-electron chi connectivity index (χ3n) is 5.22. The highest BCUT2D eigenvalue weighted by molar-refractivity contribution is 7.99. The number of aliphatic hydroxyl groups is 2. The molecule has 0 atom stereocenters. The first kappa shape index (κ1) is 24.0. The Hall–Kier alpha value is -2.61. The molecule has 3 rings (SSSR count). The Kier molecular flexibility index (Phi) is 9.81. The lowest BCUT2D eigenvalue weighted by Gasteiger charge is -2.22. The smallest absolute Gasteiger partial charge is 0.205 e. The molecule has 0 unspecified atom stereocenters. The number of pyridine rings is 1. The molecule has 0 aliphatic heterocycles. The molecule has 6 nitrogen and oxygen atoms in total. The van der Waals surface area contributed by atoms with Crippen LogP contribution in [0.2, 0.25) is 0 Å². The van der Waals surface area contributed by atoms with Gasteiger partial charge in [-0.15, -0.1) is 0 Å². The standard InChI is InChI=1S/C25H33N4O2S/c1-27-16-13-26-25(27)32-21-5-4-15-28-14-3-2-6-23(28)10-7-22-8-11-24(12-9-22)29(17-19-30)18-20-31/h2-3,6-14,16,30-31H,4-5,15,17-21H2,1H3/q+1. The van der Waals surface area contributed by atoms with E-state index < -0.39 is 0 Å². The van der Waals surface area contributed by atoms with Gasteiger partial charge in [0, 0.05) is 68.6 Å². The number of rotatable bonds is 13. The molecule has 0 saturated heterocycles. The Morgan fingerprint density at radius 3 is 2.50 bits per heavy atom. The highest BCUT2D eigenvalue weighted by Gasteiger charge is 2.08. The maximum absolute atomic E-state index is 9.22. The summed E-state index contributed by atoms with van der Waals surface area (Å²) < 4.78 is 4.35. The number of unbranched alkanes of at least 4 members (excludes halogenated alkanes) is 1. The van der Waals surface area contributed by atoms with Crippen molar-refractivity contribution in [2.45, 2.75) is 24.5 Å². The van der Waals surface area contributed by atoms with E-state index in [2.05, 4.69) is 62.8 Å². The number of aryl methyl sites for hydroxylation is 2. The van der Waals surface area contributed by atoms with Crippen LogP contribution in [0.3, 0.4) is 0 Å². The van der Waals surface area contributed by atoms with Crippen molar-refractivity contribution >= 4 is 29.6 Å². The number of hydrogen-bond acceptors (Lipinski definition) is 5. The topological polar surface area (TPSA) is 65.4 Å². The first-order valence-corrected chi connectivity index (χ1v) is 12.0. The van der Waals surface area contributed by atoms with Gasteiger partial charge in [0.2, 0.25) is 5.69 Å². The van der Waals surface area contributed by atoms with Gasteiger partial charge in [-0.2, -0.15) is 4.57 Å². The number of thioether (sulfide) groups is 1. The van der Waals surface area contributed by atoms with Crippen LogP contribution in [0.15, 0.2) is 66.2 Å². The lowest BCUT2D eigenvalue weighted by Crippen LogP contribution is -2.36. The second-order valence-corrected chi connectivity index (χ2v) is 8.62. The van der Waals surface area contributed by atoms with E-state index in [1.165, 1.54) is 5.69 Å². The highest BCUT2D eigenvalue weighted by Crippen LogP contribution is 2.17. The molecule has 2 aromatic heterocycles. The van der Waals surface area contributed by atoms with Crippen LogP contribution < -0.4 is 9.47 Å². The predicted octanol–water partition coefficient (Wildman–Crippen LogP) is 3.24. The lowest BCUT2D eigenvalue weighted by molar-refractivity contribution is -0.699. The van der Waals surface area contributed by atoms with Crippen molar-refractivity contribution in [2.24, 2.45) is 7.05 Å². The molecular weight excluding hydrogens is 420 g/mol. The number of aliphatic hydroxyl groups excluding tert-OH is 2. The summed E-state index contributed by atoms with van der Waals surface area (Å²) in [6.07, 6.45) is 12.5. The monoisotopic (exact) mass is 453 g/mol. The first-order valence-electron chi connectivity index (χ1n) is 11.0. The molecule has 0 amide bonds. The molecule has 0 aliphatic rings. The molecule has 2 N–H and O–H groups in total. The van der Waals surface area contributed by atoms with E-state index in [1.807, 2.05) is 48.2 Å². The third kappa shape index (κ3) is 7.22. The minimum absolute atomic E-state index is 0.0668. The Morgan fingerprint density at radius 1 is 1.03 bits per heavy atom. The summed E-state index contributed by atoms with van der Waals surface area (Å²) in [5.74, 6) is 1.07. The van der Waals surface area contributed by atoms with E-state index in [-0.39, 0.29) is 13.2 Å². The van der Waals surface area contributed by atoms with Crippen LogP contribution in [0.5, 0.6) is 0 Å². The zero-order chi connectivity index (χ0) is 22.6. The minimum Gasteiger partial charge on any atom is -0.395 e. The summed E-state index contributed by atoms with van der Waals surface area (Å²) in [5.41, 5.74) is 3.29. The van der Waals surface area contributed by atoms with Crippen LogP contribution in [-0.2, 0) is 13.6 Å². The fraction of sp³-hybridized carbons (Fsp3) is 0.360. The highest BCUT2D eigenvalue weighted by atomic mass is 32.2. The molecule has 0 radical (unpaired) electrons. The molecule has 0 spiro atoms. The first-order chi connectivity index (χ1) is 15.7. The SMILES string of the molecule is Cn1ccnc1SCCCC[n+]1ccccc1/C=C/c1ccc(N(CCO)CCO)cc1. The number of aromatic nitrogens is 3. The van der Waals surface area contributed by atoms with E-state index in [9.17, 15) is 10.2 Å². The van der Waals surface area contributed by atoms with Gasteiger partial charge in [0.25, 0.3) is 0 Å². The molecule has 7 heteroatoms. The summed E-state index contributed by atoms with van der Waals surface area (Å²) in [6, 6.07) is 14.5. The van der Waals surface area contributed by atoms with E-state index in [4.69, 9.17) is 0 Å². The van der Waals surface area contributed by atoms with Crippen molar-refractivity contribution in [2.75, 3.05) is 37.0 Å². The maximum atomic E-state index is 9.22. The molecule has 0 saturated carbocycles. The van der Waals surface area contributed by atoms with Gasteiger partial charge in [0.15, 0.2) is 11.4 Å². The van der Waals surface area contributed by atoms with Gasteiger partial charge in [0.1, 0.15) is 6.54 Å². The minimum atomic E-state index is 0.0668. The Morgan fingerprint density at radius 2 is 1.81 bits per heavy atom. The molecule has 0 aliphatic carbocycles. The zero-order valence-corrected chi connectivity index (χ0v) is 19.5. The molecule has 0 bridgehead atoms. The van der Waals surface area contributed by atoms with Crippen molar-refractivity contribution < 1.29 is 14.8 Å². The van der Waals surface area contributed by atoms with Gasteiger partial charge in [0.05, 0.1) is 13.2 Å². The normalized spacial score (nSPS) is 11.3.